The molecule has 9 nitrogen and oxygen atoms in total. The highest BCUT2D eigenvalue weighted by Gasteiger charge is 2.34. The molecule has 0 radical (unpaired) electrons. The molecule has 3 aromatic rings. The maximum absolute atomic E-state index is 13.4. The lowest BCUT2D eigenvalue weighted by molar-refractivity contribution is -0.132. The number of nitrogens with one attached hydrogen (secondary N) is 2. The van der Waals surface area contributed by atoms with Gasteiger partial charge in [0.05, 0.1) is 12.0 Å². The van der Waals surface area contributed by atoms with Crippen LogP contribution in [-0.4, -0.2) is 39.5 Å². The van der Waals surface area contributed by atoms with Crippen molar-refractivity contribution >= 4 is 17.6 Å². The lowest BCUT2D eigenvalue weighted by Gasteiger charge is -2.32. The van der Waals surface area contributed by atoms with Crippen LogP contribution >= 0.6 is 0 Å². The van der Waals surface area contributed by atoms with Gasteiger partial charge >= 0.3 is 5.76 Å². The van der Waals surface area contributed by atoms with Crippen LogP contribution in [0.3, 0.4) is 0 Å². The molecule has 3 atom stereocenters. The normalized spacial score (nSPS) is 17.8. The van der Waals surface area contributed by atoms with E-state index in [9.17, 15) is 19.2 Å². The Morgan fingerprint density at radius 3 is 2.35 bits per heavy atom. The van der Waals surface area contributed by atoms with Crippen LogP contribution in [0, 0.1) is 11.8 Å². The fourth-order valence-electron chi connectivity index (χ4n) is 5.18. The number of ketones is 1. The highest BCUT2D eigenvalue weighted by Crippen LogP contribution is 2.25. The average Bonchev–Trinajstić information content (AvgIpc) is 3.31. The molecule has 212 valence electrons. The Labute approximate surface area is 234 Å². The fourth-order valence-corrected chi connectivity index (χ4v) is 5.18. The zero-order valence-corrected chi connectivity index (χ0v) is 23.2. The summed E-state index contributed by atoms with van der Waals surface area (Å²) < 4.78 is 6.31. The van der Waals surface area contributed by atoms with Crippen LogP contribution in [0.15, 0.2) is 69.9 Å². The number of carbonyl (C=O) groups excluding carboxylic acids is 3. The van der Waals surface area contributed by atoms with Gasteiger partial charge in [-0.1, -0.05) is 75.2 Å². The Bertz CT molecular complexity index is 1330. The molecule has 0 spiro atoms. The number of rotatable bonds is 12. The topological polar surface area (TPSA) is 123 Å². The van der Waals surface area contributed by atoms with Crippen molar-refractivity contribution in [2.45, 2.75) is 77.4 Å². The van der Waals surface area contributed by atoms with E-state index in [2.05, 4.69) is 15.7 Å². The van der Waals surface area contributed by atoms with Crippen molar-refractivity contribution in [3.8, 4) is 0 Å². The van der Waals surface area contributed by atoms with E-state index >= 15 is 0 Å². The summed E-state index contributed by atoms with van der Waals surface area (Å²) >= 11 is 0. The molecule has 0 aliphatic heterocycles. The Morgan fingerprint density at radius 2 is 1.65 bits per heavy atom. The molecule has 1 aromatic heterocycles. The zero-order valence-electron chi connectivity index (χ0n) is 23.2. The summed E-state index contributed by atoms with van der Waals surface area (Å²) in [7, 11) is 0. The third-order valence-electron chi connectivity index (χ3n) is 7.29. The lowest BCUT2D eigenvalue weighted by atomic mass is 9.83. The van der Waals surface area contributed by atoms with E-state index in [-0.39, 0.29) is 42.0 Å². The van der Waals surface area contributed by atoms with Crippen LogP contribution < -0.4 is 16.4 Å². The van der Waals surface area contributed by atoms with Gasteiger partial charge in [0, 0.05) is 18.0 Å². The minimum Gasteiger partial charge on any atom is -0.392 e. The van der Waals surface area contributed by atoms with Gasteiger partial charge in [-0.05, 0) is 49.3 Å². The maximum Gasteiger partial charge on any atom is 0.437 e. The summed E-state index contributed by atoms with van der Waals surface area (Å²) in [4.78, 5) is 52.0. The number of amides is 2. The minimum atomic E-state index is -0.781. The molecular formula is C31H38N4O5. The zero-order chi connectivity index (χ0) is 28.5. The maximum atomic E-state index is 13.4. The van der Waals surface area contributed by atoms with Crippen LogP contribution in [0.25, 0.3) is 0 Å². The molecule has 1 saturated carbocycles. The second-order valence-corrected chi connectivity index (χ2v) is 10.9. The Balaban J connectivity index is 1.40. The number of hydrogen-bond acceptors (Lipinski definition) is 6. The van der Waals surface area contributed by atoms with Gasteiger partial charge in [0.2, 0.25) is 11.8 Å². The van der Waals surface area contributed by atoms with Crippen LogP contribution in [-0.2, 0) is 29.0 Å². The van der Waals surface area contributed by atoms with Crippen LogP contribution in [0.4, 0.5) is 0 Å². The van der Waals surface area contributed by atoms with Crippen LogP contribution in [0.2, 0.25) is 0 Å². The van der Waals surface area contributed by atoms with E-state index in [1.165, 1.54) is 0 Å². The van der Waals surface area contributed by atoms with Crippen molar-refractivity contribution in [2.75, 3.05) is 0 Å². The van der Waals surface area contributed by atoms with Crippen molar-refractivity contribution in [3.63, 3.8) is 0 Å². The van der Waals surface area contributed by atoms with Crippen molar-refractivity contribution in [3.05, 3.63) is 88.2 Å². The standard InChI is InChI=1S/C31H38N4O5/c1-21(2)19-26(27(36)20-35-31(39)40-28(34-35)18-17-22-11-5-3-6-12-22)33-30(38)24-15-9-10-16-25(24)32-29(37)23-13-7-4-8-14-23/h3-8,11-14,21,24-26H,9-10,15-20H2,1-2H3,(H,32,37)(H,33,38)/t24-,25+,26-/m0/s1. The SMILES string of the molecule is CC(C)C[C@H](NC(=O)[C@H]1CCCC[C@H]1NC(=O)c1ccccc1)C(=O)Cn1nc(CCc2ccccc2)oc1=O. The van der Waals surface area contributed by atoms with Gasteiger partial charge < -0.3 is 15.1 Å². The fraction of sp³-hybridized carbons (Fsp3) is 0.452. The highest BCUT2D eigenvalue weighted by molar-refractivity contribution is 5.95. The summed E-state index contributed by atoms with van der Waals surface area (Å²) in [6, 6.07) is 17.6. The van der Waals surface area contributed by atoms with Gasteiger partial charge in [-0.15, -0.1) is 5.10 Å². The number of aryl methyl sites for hydroxylation is 2. The largest absolute Gasteiger partial charge is 0.437 e. The number of nitrogens with zero attached hydrogens (tertiary/aromatic N) is 2. The highest BCUT2D eigenvalue weighted by atomic mass is 16.4. The smallest absolute Gasteiger partial charge is 0.392 e. The molecule has 2 N–H and O–H groups in total. The molecule has 40 heavy (non-hydrogen) atoms. The van der Waals surface area contributed by atoms with E-state index in [0.717, 1.165) is 23.1 Å². The predicted molar refractivity (Wildman–Crippen MR) is 151 cm³/mol. The minimum absolute atomic E-state index is 0.129. The second kappa shape index (κ2) is 13.9. The average molecular weight is 547 g/mol. The van der Waals surface area contributed by atoms with Gasteiger partial charge in [-0.2, -0.15) is 4.68 Å². The van der Waals surface area contributed by atoms with E-state index in [4.69, 9.17) is 4.42 Å². The molecule has 1 fully saturated rings. The first-order valence-electron chi connectivity index (χ1n) is 14.1. The van der Waals surface area contributed by atoms with E-state index in [0.29, 0.717) is 37.7 Å². The Morgan fingerprint density at radius 1 is 0.975 bits per heavy atom. The van der Waals surface area contributed by atoms with Crippen molar-refractivity contribution in [2.24, 2.45) is 11.8 Å². The Kier molecular flexibility index (Phi) is 10.0. The molecule has 1 heterocycles. The van der Waals surface area contributed by atoms with Gasteiger partial charge in [-0.25, -0.2) is 4.79 Å². The summed E-state index contributed by atoms with van der Waals surface area (Å²) in [6.45, 7) is 3.66. The summed E-state index contributed by atoms with van der Waals surface area (Å²) in [6.07, 6.45) is 4.62. The molecule has 0 bridgehead atoms. The van der Waals surface area contributed by atoms with Gasteiger partial charge in [0.15, 0.2) is 5.78 Å². The first-order valence-corrected chi connectivity index (χ1v) is 14.1. The number of aromatic nitrogens is 2. The molecular weight excluding hydrogens is 508 g/mol. The first-order chi connectivity index (χ1) is 19.3. The molecule has 2 amide bonds. The Hall–Kier alpha value is -4.01. The van der Waals surface area contributed by atoms with Crippen LogP contribution in [0.5, 0.6) is 0 Å². The number of carbonyl (C=O) groups is 3. The predicted octanol–water partition coefficient (Wildman–Crippen LogP) is 3.71. The summed E-state index contributed by atoms with van der Waals surface area (Å²) in [5.41, 5.74) is 1.64. The van der Waals surface area contributed by atoms with Gasteiger partial charge in [-0.3, -0.25) is 14.4 Å². The molecule has 0 saturated heterocycles. The number of hydrogen-bond donors (Lipinski definition) is 2. The quantitative estimate of drug-likeness (QED) is 0.357. The van der Waals surface area contributed by atoms with Gasteiger partial charge in [0.25, 0.3) is 5.91 Å². The molecule has 2 aromatic carbocycles. The molecule has 1 aliphatic carbocycles. The van der Waals surface area contributed by atoms with Crippen molar-refractivity contribution < 1.29 is 18.8 Å². The first kappa shape index (κ1) is 29.0. The molecule has 0 unspecified atom stereocenters. The molecule has 9 heteroatoms. The van der Waals surface area contributed by atoms with E-state index in [1.807, 2.05) is 50.2 Å². The van der Waals surface area contributed by atoms with Crippen molar-refractivity contribution in [1.82, 2.24) is 20.4 Å². The lowest BCUT2D eigenvalue weighted by Crippen LogP contribution is -2.52. The summed E-state index contributed by atoms with van der Waals surface area (Å²) in [5, 5.41) is 10.2. The third kappa shape index (κ3) is 8.00. The van der Waals surface area contributed by atoms with Crippen molar-refractivity contribution in [1.29, 1.82) is 0 Å². The third-order valence-corrected chi connectivity index (χ3v) is 7.29. The molecule has 1 aliphatic rings. The van der Waals surface area contributed by atoms with E-state index < -0.39 is 17.7 Å². The second-order valence-electron chi connectivity index (χ2n) is 10.9. The van der Waals surface area contributed by atoms with Crippen LogP contribution in [0.1, 0.15) is 67.8 Å². The number of Topliss-reactive ketones (excluding diaryl/α,β-unsaturated/α-hetero) is 1. The van der Waals surface area contributed by atoms with Gasteiger partial charge in [0.1, 0.15) is 6.54 Å². The molecule has 4 rings (SSSR count). The number of benzene rings is 2. The van der Waals surface area contributed by atoms with E-state index in [1.54, 1.807) is 24.3 Å². The summed E-state index contributed by atoms with van der Waals surface area (Å²) in [5.74, 6) is -1.52. The monoisotopic (exact) mass is 546 g/mol.